The number of carbonyl (C=O) groups excluding carboxylic acids is 2. The van der Waals surface area contributed by atoms with Gasteiger partial charge in [0, 0.05) is 15.9 Å². The van der Waals surface area contributed by atoms with Crippen LogP contribution in [0.25, 0.3) is 22.4 Å². The van der Waals surface area contributed by atoms with Crippen LogP contribution >= 0.6 is 15.9 Å². The molecular weight excluding hydrogens is 354 g/mol. The summed E-state index contributed by atoms with van der Waals surface area (Å²) in [6.07, 6.45) is 0. The second kappa shape index (κ2) is 5.30. The minimum Gasteiger partial charge on any atom is -0.464 e. The second-order valence-electron chi connectivity index (χ2n) is 4.45. The van der Waals surface area contributed by atoms with Gasteiger partial charge in [-0.05, 0) is 24.3 Å². The average molecular weight is 364 g/mol. The van der Waals surface area contributed by atoms with E-state index in [1.54, 1.807) is 12.1 Å². The fourth-order valence-electron chi connectivity index (χ4n) is 2.07. The number of methoxy groups -OCH3 is 1. The molecule has 22 heavy (non-hydrogen) atoms. The van der Waals surface area contributed by atoms with Gasteiger partial charge in [-0.2, -0.15) is 9.78 Å². The average Bonchev–Trinajstić information content (AvgIpc) is 3.09. The first-order valence-corrected chi connectivity index (χ1v) is 6.96. The Hall–Kier alpha value is -2.61. The first-order chi connectivity index (χ1) is 10.5. The van der Waals surface area contributed by atoms with Crippen LogP contribution in [0.5, 0.6) is 0 Å². The summed E-state index contributed by atoms with van der Waals surface area (Å²) in [5.74, 6) is -0.297. The molecule has 8 heteroatoms. The van der Waals surface area contributed by atoms with Crippen molar-refractivity contribution in [3.8, 4) is 11.5 Å². The van der Waals surface area contributed by atoms with Crippen molar-refractivity contribution < 1.29 is 18.7 Å². The number of esters is 1. The van der Waals surface area contributed by atoms with Crippen molar-refractivity contribution in [1.82, 2.24) is 9.78 Å². The Morgan fingerprint density at radius 3 is 2.77 bits per heavy atom. The molecule has 0 bridgehead atoms. The van der Waals surface area contributed by atoms with Crippen LogP contribution in [-0.4, -0.2) is 28.9 Å². The Morgan fingerprint density at radius 2 is 2.09 bits per heavy atom. The van der Waals surface area contributed by atoms with Crippen molar-refractivity contribution in [2.45, 2.75) is 0 Å². The topological polar surface area (TPSA) is 100 Å². The van der Waals surface area contributed by atoms with Gasteiger partial charge in [0.05, 0.1) is 7.11 Å². The lowest BCUT2D eigenvalue weighted by molar-refractivity contribution is 0.0593. The molecule has 0 spiro atoms. The van der Waals surface area contributed by atoms with Gasteiger partial charge in [-0.15, -0.1) is 0 Å². The number of nitrogens with zero attached hydrogens (tertiary/aromatic N) is 2. The molecule has 3 rings (SSSR count). The highest BCUT2D eigenvalue weighted by molar-refractivity contribution is 9.10. The summed E-state index contributed by atoms with van der Waals surface area (Å²) >= 11 is 3.37. The van der Waals surface area contributed by atoms with E-state index in [0.29, 0.717) is 11.3 Å². The van der Waals surface area contributed by atoms with E-state index in [-0.39, 0.29) is 11.4 Å². The van der Waals surface area contributed by atoms with Crippen molar-refractivity contribution >= 4 is 38.9 Å². The molecule has 0 saturated heterocycles. The number of aromatic nitrogens is 2. The molecule has 0 radical (unpaired) electrons. The number of fused-ring (bicyclic) bond motifs is 1. The third-order valence-corrected chi connectivity index (χ3v) is 3.54. The first-order valence-electron chi connectivity index (χ1n) is 6.17. The lowest BCUT2D eigenvalue weighted by Gasteiger charge is -1.98. The Morgan fingerprint density at radius 1 is 1.32 bits per heavy atom. The van der Waals surface area contributed by atoms with Gasteiger partial charge in [0.15, 0.2) is 11.5 Å². The second-order valence-corrected chi connectivity index (χ2v) is 5.36. The van der Waals surface area contributed by atoms with Gasteiger partial charge >= 0.3 is 12.0 Å². The summed E-state index contributed by atoms with van der Waals surface area (Å²) in [6, 6.07) is 7.79. The maximum Gasteiger partial charge on any atom is 0.358 e. The number of primary amides is 1. The number of ether oxygens (including phenoxy) is 1. The quantitative estimate of drug-likeness (QED) is 0.705. The molecule has 0 aliphatic carbocycles. The van der Waals surface area contributed by atoms with Gasteiger partial charge < -0.3 is 14.9 Å². The summed E-state index contributed by atoms with van der Waals surface area (Å²) in [4.78, 5) is 23.1. The van der Waals surface area contributed by atoms with Crippen molar-refractivity contribution in [3.05, 3.63) is 40.5 Å². The molecule has 0 saturated carbocycles. The fourth-order valence-corrected chi connectivity index (χ4v) is 2.45. The number of amides is 1. The Kier molecular flexibility index (Phi) is 3.45. The van der Waals surface area contributed by atoms with Gasteiger partial charge in [-0.1, -0.05) is 15.9 Å². The highest BCUT2D eigenvalue weighted by Gasteiger charge is 2.21. The molecular formula is C14H10BrN3O4. The lowest BCUT2D eigenvalue weighted by atomic mass is 10.2. The van der Waals surface area contributed by atoms with Gasteiger partial charge in [-0.25, -0.2) is 9.59 Å². The Balaban J connectivity index is 2.18. The normalized spacial score (nSPS) is 10.8. The molecule has 112 valence electrons. The minimum absolute atomic E-state index is 0.0297. The molecule has 0 aliphatic heterocycles. The summed E-state index contributed by atoms with van der Waals surface area (Å²) in [5.41, 5.74) is 6.17. The van der Waals surface area contributed by atoms with Gasteiger partial charge in [0.1, 0.15) is 11.3 Å². The first kappa shape index (κ1) is 14.3. The summed E-state index contributed by atoms with van der Waals surface area (Å²) in [6.45, 7) is 0. The van der Waals surface area contributed by atoms with Crippen molar-refractivity contribution in [1.29, 1.82) is 0 Å². The Bertz CT molecular complexity index is 897. The number of benzene rings is 1. The monoisotopic (exact) mass is 363 g/mol. The zero-order valence-electron chi connectivity index (χ0n) is 11.4. The molecule has 0 fully saturated rings. The smallest absolute Gasteiger partial charge is 0.358 e. The lowest BCUT2D eigenvalue weighted by Crippen LogP contribution is -2.22. The van der Waals surface area contributed by atoms with Gasteiger partial charge in [-0.3, -0.25) is 0 Å². The van der Waals surface area contributed by atoms with E-state index in [9.17, 15) is 9.59 Å². The number of hydrogen-bond donors (Lipinski definition) is 1. The third-order valence-electron chi connectivity index (χ3n) is 3.04. The summed E-state index contributed by atoms with van der Waals surface area (Å²) in [7, 11) is 1.23. The van der Waals surface area contributed by atoms with E-state index in [1.165, 1.54) is 13.2 Å². The van der Waals surface area contributed by atoms with Crippen LogP contribution in [0.1, 0.15) is 10.5 Å². The van der Waals surface area contributed by atoms with Gasteiger partial charge in [0.25, 0.3) is 0 Å². The zero-order valence-corrected chi connectivity index (χ0v) is 13.0. The van der Waals surface area contributed by atoms with E-state index < -0.39 is 12.0 Å². The Labute approximate surface area is 132 Å². The molecule has 0 aliphatic rings. The van der Waals surface area contributed by atoms with Crippen molar-refractivity contribution in [2.75, 3.05) is 7.11 Å². The standard InChI is InChI=1S/C14H10BrN3O4/c1-21-13(19)9-6-10(18(17-9)14(16)20)12-5-7-4-8(15)2-3-11(7)22-12/h2-6H,1H3,(H2,16,20). The SMILES string of the molecule is COC(=O)c1cc(-c2cc3cc(Br)ccc3o2)n(C(N)=O)n1. The van der Waals surface area contributed by atoms with Crippen LogP contribution in [0.4, 0.5) is 4.79 Å². The number of halogens is 1. The maximum atomic E-state index is 11.6. The van der Waals surface area contributed by atoms with Crippen molar-refractivity contribution in [3.63, 3.8) is 0 Å². The molecule has 1 aromatic carbocycles. The molecule has 1 amide bonds. The van der Waals surface area contributed by atoms with Crippen LogP contribution in [0.3, 0.4) is 0 Å². The number of carbonyl (C=O) groups is 2. The van der Waals surface area contributed by atoms with E-state index >= 15 is 0 Å². The minimum atomic E-state index is -0.827. The molecule has 2 N–H and O–H groups in total. The summed E-state index contributed by atoms with van der Waals surface area (Å²) in [5, 5.41) is 4.68. The number of nitrogens with two attached hydrogens (primary N) is 1. The number of rotatable bonds is 2. The summed E-state index contributed by atoms with van der Waals surface area (Å²) < 4.78 is 12.1. The molecule has 0 unspecified atom stereocenters. The van der Waals surface area contributed by atoms with Crippen LogP contribution in [0.2, 0.25) is 0 Å². The molecule has 2 aromatic heterocycles. The van der Waals surface area contributed by atoms with Crippen LogP contribution in [0, 0.1) is 0 Å². The molecule has 0 atom stereocenters. The third kappa shape index (κ3) is 2.37. The number of furan rings is 1. The predicted molar refractivity (Wildman–Crippen MR) is 81.5 cm³/mol. The number of hydrogen-bond acceptors (Lipinski definition) is 5. The van der Waals surface area contributed by atoms with Crippen molar-refractivity contribution in [2.24, 2.45) is 5.73 Å². The van der Waals surface area contributed by atoms with Crippen LogP contribution in [-0.2, 0) is 4.74 Å². The molecule has 7 nitrogen and oxygen atoms in total. The van der Waals surface area contributed by atoms with Crippen LogP contribution < -0.4 is 5.73 Å². The highest BCUT2D eigenvalue weighted by Crippen LogP contribution is 2.30. The van der Waals surface area contributed by atoms with Crippen LogP contribution in [0.15, 0.2) is 39.2 Å². The maximum absolute atomic E-state index is 11.6. The largest absolute Gasteiger partial charge is 0.464 e. The van der Waals surface area contributed by atoms with E-state index in [4.69, 9.17) is 10.2 Å². The molecule has 3 aromatic rings. The fraction of sp³-hybridized carbons (Fsp3) is 0.0714. The highest BCUT2D eigenvalue weighted by atomic mass is 79.9. The molecule has 2 heterocycles. The van der Waals surface area contributed by atoms with Gasteiger partial charge in [0.2, 0.25) is 0 Å². The zero-order chi connectivity index (χ0) is 15.9. The van der Waals surface area contributed by atoms with E-state index in [1.807, 2.05) is 12.1 Å². The van der Waals surface area contributed by atoms with E-state index in [0.717, 1.165) is 14.5 Å². The predicted octanol–water partition coefficient (Wildman–Crippen LogP) is 2.77. The van der Waals surface area contributed by atoms with E-state index in [2.05, 4.69) is 25.8 Å².